The van der Waals surface area contributed by atoms with Crippen molar-refractivity contribution in [2.75, 3.05) is 27.2 Å². The van der Waals surface area contributed by atoms with Crippen molar-refractivity contribution < 1.29 is 19.7 Å². The highest BCUT2D eigenvalue weighted by molar-refractivity contribution is 5.90. The minimum Gasteiger partial charge on any atom is -0.490 e. The van der Waals surface area contributed by atoms with E-state index in [0.717, 1.165) is 0 Å². The SMILES string of the molecule is CN(C)CC(O)COc1ccccc1C(=O)O. The quantitative estimate of drug-likeness (QED) is 0.764. The topological polar surface area (TPSA) is 70.0 Å². The molecule has 0 fully saturated rings. The summed E-state index contributed by atoms with van der Waals surface area (Å²) in [5.74, 6) is -0.763. The van der Waals surface area contributed by atoms with Crippen molar-refractivity contribution in [2.45, 2.75) is 6.10 Å². The number of benzene rings is 1. The van der Waals surface area contributed by atoms with Crippen LogP contribution in [0.15, 0.2) is 24.3 Å². The molecule has 1 unspecified atom stereocenters. The fourth-order valence-corrected chi connectivity index (χ4v) is 1.43. The predicted octanol–water partition coefficient (Wildman–Crippen LogP) is 0.686. The van der Waals surface area contributed by atoms with Gasteiger partial charge >= 0.3 is 5.97 Å². The van der Waals surface area contributed by atoms with Gasteiger partial charge in [-0.1, -0.05) is 12.1 Å². The predicted molar refractivity (Wildman–Crippen MR) is 63.5 cm³/mol. The molecule has 0 aromatic heterocycles. The molecule has 0 bridgehead atoms. The van der Waals surface area contributed by atoms with E-state index < -0.39 is 12.1 Å². The molecule has 5 heteroatoms. The summed E-state index contributed by atoms with van der Waals surface area (Å²) in [5, 5.41) is 18.5. The van der Waals surface area contributed by atoms with Crippen molar-refractivity contribution in [3.63, 3.8) is 0 Å². The lowest BCUT2D eigenvalue weighted by Gasteiger charge is -2.17. The highest BCUT2D eigenvalue weighted by atomic mass is 16.5. The van der Waals surface area contributed by atoms with Crippen LogP contribution in [0.2, 0.25) is 0 Å². The number of hydrogen-bond acceptors (Lipinski definition) is 4. The number of rotatable bonds is 6. The molecule has 94 valence electrons. The summed E-state index contributed by atoms with van der Waals surface area (Å²) in [6, 6.07) is 6.37. The lowest BCUT2D eigenvalue weighted by Crippen LogP contribution is -2.30. The monoisotopic (exact) mass is 239 g/mol. The number of ether oxygens (including phenoxy) is 1. The van der Waals surface area contributed by atoms with E-state index in [0.29, 0.717) is 6.54 Å². The van der Waals surface area contributed by atoms with Gasteiger partial charge in [-0.05, 0) is 26.2 Å². The number of hydrogen-bond donors (Lipinski definition) is 2. The molecule has 0 aliphatic carbocycles. The van der Waals surface area contributed by atoms with Crippen LogP contribution in [0.5, 0.6) is 5.75 Å². The molecular formula is C12H17NO4. The van der Waals surface area contributed by atoms with E-state index in [1.54, 1.807) is 18.2 Å². The lowest BCUT2D eigenvalue weighted by molar-refractivity contribution is 0.0670. The van der Waals surface area contributed by atoms with Gasteiger partial charge in [0.05, 0.1) is 0 Å². The van der Waals surface area contributed by atoms with Crippen LogP contribution < -0.4 is 4.74 Å². The molecule has 5 nitrogen and oxygen atoms in total. The second-order valence-corrected chi connectivity index (χ2v) is 4.03. The van der Waals surface area contributed by atoms with Crippen LogP contribution in [0, 0.1) is 0 Å². The van der Waals surface area contributed by atoms with Crippen LogP contribution in [0.25, 0.3) is 0 Å². The first-order chi connectivity index (χ1) is 8.00. The minimum atomic E-state index is -1.04. The Morgan fingerprint density at radius 1 is 1.41 bits per heavy atom. The van der Waals surface area contributed by atoms with Crippen molar-refractivity contribution in [3.8, 4) is 5.75 Å². The van der Waals surface area contributed by atoms with Gasteiger partial charge in [0.25, 0.3) is 0 Å². The molecule has 1 aromatic carbocycles. The zero-order chi connectivity index (χ0) is 12.8. The number of aromatic carboxylic acids is 1. The van der Waals surface area contributed by atoms with E-state index in [2.05, 4.69) is 0 Å². The minimum absolute atomic E-state index is 0.0719. The Morgan fingerprint density at radius 2 is 2.06 bits per heavy atom. The molecule has 1 atom stereocenters. The smallest absolute Gasteiger partial charge is 0.339 e. The summed E-state index contributed by atoms with van der Waals surface area (Å²) in [7, 11) is 3.68. The molecule has 0 aliphatic heterocycles. The Morgan fingerprint density at radius 3 is 2.65 bits per heavy atom. The summed E-state index contributed by atoms with van der Waals surface area (Å²) < 4.78 is 5.30. The number of likely N-dealkylation sites (N-methyl/N-ethyl adjacent to an activating group) is 1. The molecule has 17 heavy (non-hydrogen) atoms. The Bertz CT molecular complexity index is 379. The number of para-hydroxylation sites is 1. The summed E-state index contributed by atoms with van der Waals surface area (Å²) >= 11 is 0. The Hall–Kier alpha value is -1.59. The van der Waals surface area contributed by atoms with Crippen LogP contribution in [0.1, 0.15) is 10.4 Å². The molecule has 1 aromatic rings. The van der Waals surface area contributed by atoms with Crippen LogP contribution in [-0.4, -0.2) is 54.4 Å². The Labute approximate surface area is 100 Å². The van der Waals surface area contributed by atoms with Crippen LogP contribution in [0.4, 0.5) is 0 Å². The average Bonchev–Trinajstić information content (AvgIpc) is 2.25. The van der Waals surface area contributed by atoms with Gasteiger partial charge in [-0.25, -0.2) is 4.79 Å². The van der Waals surface area contributed by atoms with Gasteiger partial charge in [0, 0.05) is 6.54 Å². The first kappa shape index (κ1) is 13.5. The fraction of sp³-hybridized carbons (Fsp3) is 0.417. The maximum Gasteiger partial charge on any atom is 0.339 e. The zero-order valence-corrected chi connectivity index (χ0v) is 9.96. The number of carboxylic acids is 1. The van der Waals surface area contributed by atoms with Crippen molar-refractivity contribution in [1.29, 1.82) is 0 Å². The highest BCUT2D eigenvalue weighted by Crippen LogP contribution is 2.17. The largest absolute Gasteiger partial charge is 0.490 e. The van der Waals surface area contributed by atoms with Gasteiger partial charge in [-0.3, -0.25) is 0 Å². The van der Waals surface area contributed by atoms with Gasteiger partial charge < -0.3 is 19.8 Å². The first-order valence-electron chi connectivity index (χ1n) is 5.28. The van der Waals surface area contributed by atoms with E-state index in [4.69, 9.17) is 9.84 Å². The van der Waals surface area contributed by atoms with Gasteiger partial charge in [0.2, 0.25) is 0 Å². The molecule has 0 heterocycles. The maximum atomic E-state index is 10.9. The molecule has 2 N–H and O–H groups in total. The summed E-state index contributed by atoms with van der Waals surface area (Å²) in [4.78, 5) is 12.7. The Kier molecular flexibility index (Phi) is 4.93. The third-order valence-electron chi connectivity index (χ3n) is 2.12. The third-order valence-corrected chi connectivity index (χ3v) is 2.12. The van der Waals surface area contributed by atoms with Gasteiger partial charge in [0.15, 0.2) is 0 Å². The molecule has 0 saturated carbocycles. The number of aliphatic hydroxyl groups excluding tert-OH is 1. The van der Waals surface area contributed by atoms with Gasteiger partial charge in [-0.15, -0.1) is 0 Å². The maximum absolute atomic E-state index is 10.9. The lowest BCUT2D eigenvalue weighted by atomic mass is 10.2. The third kappa shape index (κ3) is 4.42. The van der Waals surface area contributed by atoms with Crippen molar-refractivity contribution in [3.05, 3.63) is 29.8 Å². The van der Waals surface area contributed by atoms with Gasteiger partial charge in [-0.2, -0.15) is 0 Å². The van der Waals surface area contributed by atoms with Crippen LogP contribution >= 0.6 is 0 Å². The number of aliphatic hydroxyl groups is 1. The van der Waals surface area contributed by atoms with Crippen molar-refractivity contribution in [2.24, 2.45) is 0 Å². The van der Waals surface area contributed by atoms with Crippen molar-refractivity contribution >= 4 is 5.97 Å². The summed E-state index contributed by atoms with van der Waals surface area (Å²) in [6.07, 6.45) is -0.646. The van der Waals surface area contributed by atoms with E-state index in [1.807, 2.05) is 19.0 Å². The summed E-state index contributed by atoms with van der Waals surface area (Å²) in [6.45, 7) is 0.539. The van der Waals surface area contributed by atoms with E-state index in [-0.39, 0.29) is 17.9 Å². The van der Waals surface area contributed by atoms with E-state index >= 15 is 0 Å². The van der Waals surface area contributed by atoms with E-state index in [9.17, 15) is 9.90 Å². The summed E-state index contributed by atoms with van der Waals surface area (Å²) in [5.41, 5.74) is 0.101. The normalized spacial score (nSPS) is 12.5. The molecule has 0 saturated heterocycles. The second-order valence-electron chi connectivity index (χ2n) is 4.03. The van der Waals surface area contributed by atoms with Crippen molar-refractivity contribution in [1.82, 2.24) is 4.90 Å². The molecule has 0 spiro atoms. The average molecular weight is 239 g/mol. The van der Waals surface area contributed by atoms with Gasteiger partial charge in [0.1, 0.15) is 24.0 Å². The zero-order valence-electron chi connectivity index (χ0n) is 9.96. The van der Waals surface area contributed by atoms with Crippen LogP contribution in [-0.2, 0) is 0 Å². The second kappa shape index (κ2) is 6.22. The Balaban J connectivity index is 2.60. The van der Waals surface area contributed by atoms with Crippen LogP contribution in [0.3, 0.4) is 0 Å². The number of carboxylic acid groups (broad SMARTS) is 1. The molecular weight excluding hydrogens is 222 g/mol. The number of nitrogens with zero attached hydrogens (tertiary/aromatic N) is 1. The number of carbonyl (C=O) groups is 1. The fourth-order valence-electron chi connectivity index (χ4n) is 1.43. The molecule has 0 aliphatic rings. The standard InChI is InChI=1S/C12H17NO4/c1-13(2)7-9(14)8-17-11-6-4-3-5-10(11)12(15)16/h3-6,9,14H,7-8H2,1-2H3,(H,15,16). The molecule has 0 amide bonds. The highest BCUT2D eigenvalue weighted by Gasteiger charge is 2.12. The molecule has 0 radical (unpaired) electrons. The first-order valence-corrected chi connectivity index (χ1v) is 5.28. The molecule has 1 rings (SSSR count). The van der Waals surface area contributed by atoms with E-state index in [1.165, 1.54) is 6.07 Å².